The van der Waals surface area contributed by atoms with Gasteiger partial charge in [-0.25, -0.2) is 4.79 Å². The third-order valence-electron chi connectivity index (χ3n) is 7.60. The van der Waals surface area contributed by atoms with Gasteiger partial charge in [0.25, 0.3) is 17.7 Å². The van der Waals surface area contributed by atoms with Crippen LogP contribution < -0.4 is 21.3 Å². The number of hydrogen-bond donors (Lipinski definition) is 4. The second-order valence-corrected chi connectivity index (χ2v) is 14.5. The van der Waals surface area contributed by atoms with Crippen molar-refractivity contribution in [3.8, 4) is 0 Å². The smallest absolute Gasteiger partial charge is 0.341 e. The fourth-order valence-electron chi connectivity index (χ4n) is 4.92. The van der Waals surface area contributed by atoms with Crippen molar-refractivity contribution in [2.24, 2.45) is 0 Å². The van der Waals surface area contributed by atoms with Crippen LogP contribution in [0.3, 0.4) is 0 Å². The van der Waals surface area contributed by atoms with Gasteiger partial charge in [0.15, 0.2) is 0 Å². The van der Waals surface area contributed by atoms with Gasteiger partial charge in [-0.15, -0.1) is 23.1 Å². The largest absolute Gasteiger partial charge is 0.465 e. The Kier molecular flexibility index (Phi) is 13.1. The first-order chi connectivity index (χ1) is 25.4. The number of rotatable bonds is 12. The topological polar surface area (TPSA) is 143 Å². The SMILES string of the molecule is COC(=O)c1c(NC(=O)C(C)Sc2cccc(NC(=O)/C(=C\c3cccc(Cl)c3Cl)NC(=O)c3ccccc3)c2)sc(C(=O)Nc2ccccc2)c1C. The Labute approximate surface area is 323 Å². The lowest BCUT2D eigenvalue weighted by atomic mass is 10.1. The number of anilines is 3. The number of ether oxygens (including phenoxy) is 1. The average molecular weight is 788 g/mol. The van der Waals surface area contributed by atoms with Crippen molar-refractivity contribution in [2.45, 2.75) is 24.0 Å². The molecule has 270 valence electrons. The molecule has 0 bridgehead atoms. The zero-order valence-corrected chi connectivity index (χ0v) is 31.6. The predicted molar refractivity (Wildman–Crippen MR) is 212 cm³/mol. The molecule has 4 aromatic carbocycles. The average Bonchev–Trinajstić information content (AvgIpc) is 3.48. The minimum Gasteiger partial charge on any atom is -0.465 e. The summed E-state index contributed by atoms with van der Waals surface area (Å²) in [7, 11) is 1.22. The highest BCUT2D eigenvalue weighted by Gasteiger charge is 2.28. The molecule has 0 fully saturated rings. The number of thiophene rings is 1. The fraction of sp³-hybridized carbons (Fsp3) is 0.103. The highest BCUT2D eigenvalue weighted by Crippen LogP contribution is 2.36. The predicted octanol–water partition coefficient (Wildman–Crippen LogP) is 8.93. The van der Waals surface area contributed by atoms with E-state index in [0.717, 1.165) is 11.3 Å². The molecule has 53 heavy (non-hydrogen) atoms. The number of nitrogens with one attached hydrogen (secondary N) is 4. The normalized spacial score (nSPS) is 11.6. The highest BCUT2D eigenvalue weighted by molar-refractivity contribution is 8.00. The van der Waals surface area contributed by atoms with Gasteiger partial charge in [-0.3, -0.25) is 19.2 Å². The Balaban J connectivity index is 1.31. The number of amides is 4. The van der Waals surface area contributed by atoms with Crippen molar-refractivity contribution in [1.82, 2.24) is 5.32 Å². The first-order valence-corrected chi connectivity index (χ1v) is 18.4. The second-order valence-electron chi connectivity index (χ2n) is 11.3. The summed E-state index contributed by atoms with van der Waals surface area (Å²) in [4.78, 5) is 66.9. The van der Waals surface area contributed by atoms with E-state index in [9.17, 15) is 24.0 Å². The quantitative estimate of drug-likeness (QED) is 0.0562. The van der Waals surface area contributed by atoms with Crippen molar-refractivity contribution < 1.29 is 28.7 Å². The monoisotopic (exact) mass is 786 g/mol. The molecule has 0 aliphatic carbocycles. The van der Waals surface area contributed by atoms with Gasteiger partial charge >= 0.3 is 5.97 Å². The number of para-hydroxylation sites is 1. The van der Waals surface area contributed by atoms with Crippen LogP contribution in [-0.4, -0.2) is 42.0 Å². The Morgan fingerprint density at radius 1 is 0.792 bits per heavy atom. The first kappa shape index (κ1) is 38.8. The van der Waals surface area contributed by atoms with Gasteiger partial charge in [0.05, 0.1) is 32.8 Å². The van der Waals surface area contributed by atoms with E-state index in [4.69, 9.17) is 27.9 Å². The molecule has 4 N–H and O–H groups in total. The van der Waals surface area contributed by atoms with Crippen LogP contribution in [0.2, 0.25) is 10.0 Å². The molecular weight excluding hydrogens is 755 g/mol. The number of benzene rings is 4. The van der Waals surface area contributed by atoms with Crippen LogP contribution in [0.25, 0.3) is 6.08 Å². The van der Waals surface area contributed by atoms with Gasteiger partial charge in [-0.05, 0) is 79.6 Å². The van der Waals surface area contributed by atoms with Crippen LogP contribution in [0.5, 0.6) is 0 Å². The Morgan fingerprint density at radius 3 is 2.15 bits per heavy atom. The summed E-state index contributed by atoms with van der Waals surface area (Å²) in [5.41, 5.74) is 2.11. The molecule has 10 nitrogen and oxygen atoms in total. The summed E-state index contributed by atoms with van der Waals surface area (Å²) in [5.74, 6) is -2.69. The van der Waals surface area contributed by atoms with Crippen molar-refractivity contribution in [3.05, 3.63) is 146 Å². The fourth-order valence-corrected chi connectivity index (χ4v) is 7.30. The Hall–Kier alpha value is -5.40. The van der Waals surface area contributed by atoms with Crippen LogP contribution in [0.4, 0.5) is 16.4 Å². The van der Waals surface area contributed by atoms with E-state index in [1.54, 1.807) is 111 Å². The Morgan fingerprint density at radius 2 is 1.45 bits per heavy atom. The minimum atomic E-state index is -0.692. The molecule has 1 heterocycles. The molecule has 0 aliphatic rings. The van der Waals surface area contributed by atoms with Gasteiger partial charge in [0.2, 0.25) is 5.91 Å². The molecular formula is C39H32Cl2N4O6S2. The minimum absolute atomic E-state index is 0.0849. The number of thioether (sulfide) groups is 1. The summed E-state index contributed by atoms with van der Waals surface area (Å²) in [5, 5.41) is 11.1. The number of esters is 1. The lowest BCUT2D eigenvalue weighted by Crippen LogP contribution is -2.30. The van der Waals surface area contributed by atoms with Gasteiger partial charge in [0, 0.05) is 21.8 Å². The third-order valence-corrected chi connectivity index (χ3v) is 10.7. The number of halogens is 2. The molecule has 4 amide bonds. The maximum absolute atomic E-state index is 13.6. The van der Waals surface area contributed by atoms with Crippen LogP contribution in [-0.2, 0) is 14.3 Å². The summed E-state index contributed by atoms with van der Waals surface area (Å²) in [6.07, 6.45) is 1.43. The number of carbonyl (C=O) groups is 5. The molecule has 0 aliphatic heterocycles. The lowest BCUT2D eigenvalue weighted by Gasteiger charge is -2.14. The third kappa shape index (κ3) is 9.93. The van der Waals surface area contributed by atoms with Crippen LogP contribution in [0, 0.1) is 6.92 Å². The second kappa shape index (κ2) is 17.9. The van der Waals surface area contributed by atoms with E-state index >= 15 is 0 Å². The van der Waals surface area contributed by atoms with Gasteiger partial charge < -0.3 is 26.0 Å². The van der Waals surface area contributed by atoms with Crippen molar-refractivity contribution >= 4 is 98.4 Å². The van der Waals surface area contributed by atoms with Crippen molar-refractivity contribution in [2.75, 3.05) is 23.1 Å². The van der Waals surface area contributed by atoms with Crippen LogP contribution in [0.15, 0.2) is 114 Å². The van der Waals surface area contributed by atoms with Gasteiger partial charge in [-0.2, -0.15) is 0 Å². The molecule has 1 unspecified atom stereocenters. The van der Waals surface area contributed by atoms with E-state index in [1.807, 2.05) is 6.07 Å². The molecule has 1 aromatic heterocycles. The zero-order chi connectivity index (χ0) is 38.1. The van der Waals surface area contributed by atoms with Crippen molar-refractivity contribution in [3.63, 3.8) is 0 Å². The summed E-state index contributed by atoms with van der Waals surface area (Å²) in [6, 6.07) is 29.0. The number of methoxy groups -OCH3 is 1. The maximum atomic E-state index is 13.6. The van der Waals surface area contributed by atoms with E-state index in [0.29, 0.717) is 33.0 Å². The summed E-state index contributed by atoms with van der Waals surface area (Å²) >= 11 is 14.8. The number of hydrogen-bond acceptors (Lipinski definition) is 8. The molecule has 0 saturated carbocycles. The van der Waals surface area contributed by atoms with Crippen LogP contribution >= 0.6 is 46.3 Å². The van der Waals surface area contributed by atoms with E-state index in [2.05, 4.69) is 21.3 Å². The van der Waals surface area contributed by atoms with E-state index in [1.165, 1.54) is 24.9 Å². The molecule has 14 heteroatoms. The van der Waals surface area contributed by atoms with Gasteiger partial charge in [0.1, 0.15) is 10.7 Å². The lowest BCUT2D eigenvalue weighted by molar-refractivity contribution is -0.115. The number of carbonyl (C=O) groups excluding carboxylic acids is 5. The Bertz CT molecular complexity index is 2210. The molecule has 5 aromatic rings. The molecule has 0 spiro atoms. The zero-order valence-electron chi connectivity index (χ0n) is 28.5. The molecule has 1 atom stereocenters. The highest BCUT2D eigenvalue weighted by atomic mass is 35.5. The first-order valence-electron chi connectivity index (χ1n) is 15.9. The van der Waals surface area contributed by atoms with Crippen LogP contribution in [0.1, 0.15) is 48.4 Å². The van der Waals surface area contributed by atoms with E-state index < -0.39 is 34.8 Å². The molecule has 0 saturated heterocycles. The maximum Gasteiger partial charge on any atom is 0.341 e. The van der Waals surface area contributed by atoms with Gasteiger partial charge in [-0.1, -0.05) is 77.8 Å². The summed E-state index contributed by atoms with van der Waals surface area (Å²) in [6.45, 7) is 3.30. The van der Waals surface area contributed by atoms with Crippen molar-refractivity contribution in [1.29, 1.82) is 0 Å². The van der Waals surface area contributed by atoms with E-state index in [-0.39, 0.29) is 31.2 Å². The molecule has 5 rings (SSSR count). The standard InChI is InChI=1S/C39H32Cl2N4O6S2/c1-22-31(39(50)51-3)38(53-33(22)37(49)42-26-15-8-5-9-16-26)45-34(46)23(2)52-28-18-11-17-27(21-28)43-36(48)30(20-25-14-10-19-29(40)32(25)41)44-35(47)24-12-6-4-7-13-24/h4-21,23H,1-3H3,(H,42,49)(H,43,48)(H,44,47)(H,45,46)/b30-20+. The molecule has 0 radical (unpaired) electrons. The summed E-state index contributed by atoms with van der Waals surface area (Å²) < 4.78 is 4.96.